The van der Waals surface area contributed by atoms with Gasteiger partial charge in [-0.3, -0.25) is 4.79 Å². The largest absolute Gasteiger partial charge is 0.459 e. The number of fused-ring (bicyclic) bond motifs is 4. The standard InChI is InChI=1S/C10H14O4/c1-10(2)13-7-4-5-3-6(8(7)14-10)12-9(5)11/h5-8H,3-4H2,1-2H3/t5-,6+,7+,8-/m0/s1. The van der Waals surface area contributed by atoms with Crippen LogP contribution in [0.5, 0.6) is 0 Å². The lowest BCUT2D eigenvalue weighted by Crippen LogP contribution is -2.38. The Kier molecular flexibility index (Phi) is 1.55. The molecule has 2 aliphatic heterocycles. The van der Waals surface area contributed by atoms with Crippen LogP contribution in [0.15, 0.2) is 0 Å². The molecule has 0 aromatic heterocycles. The molecule has 3 rings (SSSR count). The normalized spacial score (nSPS) is 48.9. The van der Waals surface area contributed by atoms with Gasteiger partial charge in [-0.15, -0.1) is 0 Å². The van der Waals surface area contributed by atoms with Crippen molar-refractivity contribution in [3.8, 4) is 0 Å². The zero-order valence-electron chi connectivity index (χ0n) is 8.36. The Morgan fingerprint density at radius 3 is 2.71 bits per heavy atom. The molecule has 1 saturated carbocycles. The van der Waals surface area contributed by atoms with E-state index in [-0.39, 0.29) is 30.2 Å². The highest BCUT2D eigenvalue weighted by molar-refractivity contribution is 5.75. The molecule has 3 fully saturated rings. The van der Waals surface area contributed by atoms with E-state index in [4.69, 9.17) is 14.2 Å². The van der Waals surface area contributed by atoms with E-state index in [1.807, 2.05) is 13.8 Å². The predicted molar refractivity (Wildman–Crippen MR) is 46.4 cm³/mol. The molecule has 0 unspecified atom stereocenters. The molecule has 0 radical (unpaired) electrons. The monoisotopic (exact) mass is 198 g/mol. The van der Waals surface area contributed by atoms with Gasteiger partial charge in [0, 0.05) is 6.42 Å². The first-order valence-corrected chi connectivity index (χ1v) is 5.11. The van der Waals surface area contributed by atoms with E-state index in [0.717, 1.165) is 12.8 Å². The smallest absolute Gasteiger partial charge is 0.309 e. The van der Waals surface area contributed by atoms with Crippen LogP contribution in [0.2, 0.25) is 0 Å². The Hall–Kier alpha value is -0.610. The second-order valence-corrected chi connectivity index (χ2v) is 4.78. The molecule has 0 amide bonds. The first-order chi connectivity index (χ1) is 6.55. The van der Waals surface area contributed by atoms with E-state index < -0.39 is 5.79 Å². The Balaban J connectivity index is 1.85. The predicted octanol–water partition coefficient (Wildman–Crippen LogP) is 0.842. The van der Waals surface area contributed by atoms with Crippen LogP contribution >= 0.6 is 0 Å². The molecule has 2 bridgehead atoms. The minimum atomic E-state index is -0.522. The molecule has 4 atom stereocenters. The zero-order chi connectivity index (χ0) is 9.92. The van der Waals surface area contributed by atoms with Crippen molar-refractivity contribution >= 4 is 5.97 Å². The Morgan fingerprint density at radius 1 is 1.21 bits per heavy atom. The Morgan fingerprint density at radius 2 is 1.93 bits per heavy atom. The van der Waals surface area contributed by atoms with Gasteiger partial charge in [0.25, 0.3) is 0 Å². The maximum Gasteiger partial charge on any atom is 0.309 e. The summed E-state index contributed by atoms with van der Waals surface area (Å²) in [5, 5.41) is 0. The number of esters is 1. The second kappa shape index (κ2) is 2.49. The summed E-state index contributed by atoms with van der Waals surface area (Å²) in [6.07, 6.45) is 1.48. The van der Waals surface area contributed by atoms with Crippen molar-refractivity contribution in [2.24, 2.45) is 5.92 Å². The van der Waals surface area contributed by atoms with Crippen LogP contribution in [0.3, 0.4) is 0 Å². The van der Waals surface area contributed by atoms with Crippen LogP contribution in [0.1, 0.15) is 26.7 Å². The summed E-state index contributed by atoms with van der Waals surface area (Å²) in [7, 11) is 0. The molecule has 4 nitrogen and oxygen atoms in total. The lowest BCUT2D eigenvalue weighted by Gasteiger charge is -2.25. The molecular weight excluding hydrogens is 184 g/mol. The van der Waals surface area contributed by atoms with Crippen LogP contribution in [-0.2, 0) is 19.0 Å². The number of hydrogen-bond donors (Lipinski definition) is 0. The number of carbonyl (C=O) groups is 1. The summed E-state index contributed by atoms with van der Waals surface area (Å²) in [5.41, 5.74) is 0. The average molecular weight is 198 g/mol. The van der Waals surface area contributed by atoms with Gasteiger partial charge in [-0.1, -0.05) is 0 Å². The van der Waals surface area contributed by atoms with Crippen molar-refractivity contribution in [1.82, 2.24) is 0 Å². The van der Waals surface area contributed by atoms with Crippen molar-refractivity contribution < 1.29 is 19.0 Å². The Labute approximate surface area is 82.5 Å². The van der Waals surface area contributed by atoms with Crippen molar-refractivity contribution in [2.45, 2.75) is 50.8 Å². The topological polar surface area (TPSA) is 44.8 Å². The summed E-state index contributed by atoms with van der Waals surface area (Å²) >= 11 is 0. The van der Waals surface area contributed by atoms with Gasteiger partial charge in [0.1, 0.15) is 12.2 Å². The fourth-order valence-corrected chi connectivity index (χ4v) is 2.70. The van der Waals surface area contributed by atoms with E-state index in [1.54, 1.807) is 0 Å². The third-order valence-electron chi connectivity index (χ3n) is 3.22. The van der Waals surface area contributed by atoms with Gasteiger partial charge in [0.15, 0.2) is 5.79 Å². The van der Waals surface area contributed by atoms with Crippen molar-refractivity contribution in [3.05, 3.63) is 0 Å². The first kappa shape index (κ1) is 8.68. The van der Waals surface area contributed by atoms with Gasteiger partial charge in [-0.05, 0) is 20.3 Å². The van der Waals surface area contributed by atoms with Crippen LogP contribution < -0.4 is 0 Å². The maximum atomic E-state index is 11.3. The van der Waals surface area contributed by atoms with Gasteiger partial charge in [0.2, 0.25) is 0 Å². The van der Waals surface area contributed by atoms with E-state index in [1.165, 1.54) is 0 Å². The lowest BCUT2D eigenvalue weighted by molar-refractivity contribution is -0.166. The summed E-state index contributed by atoms with van der Waals surface area (Å²) in [6.45, 7) is 3.81. The highest BCUT2D eigenvalue weighted by Gasteiger charge is 2.55. The van der Waals surface area contributed by atoms with E-state index >= 15 is 0 Å². The van der Waals surface area contributed by atoms with E-state index in [2.05, 4.69) is 0 Å². The van der Waals surface area contributed by atoms with Gasteiger partial charge < -0.3 is 14.2 Å². The molecule has 0 N–H and O–H groups in total. The summed E-state index contributed by atoms with van der Waals surface area (Å²) in [6, 6.07) is 0. The summed E-state index contributed by atoms with van der Waals surface area (Å²) in [5.74, 6) is -0.556. The molecular formula is C10H14O4. The molecule has 0 aromatic rings. The minimum Gasteiger partial charge on any atom is -0.459 e. The molecule has 2 saturated heterocycles. The quantitative estimate of drug-likeness (QED) is 0.541. The molecule has 78 valence electrons. The van der Waals surface area contributed by atoms with Crippen LogP contribution in [0.4, 0.5) is 0 Å². The van der Waals surface area contributed by atoms with Gasteiger partial charge in [-0.25, -0.2) is 0 Å². The zero-order valence-corrected chi connectivity index (χ0v) is 8.36. The second-order valence-electron chi connectivity index (χ2n) is 4.78. The average Bonchev–Trinajstić information content (AvgIpc) is 2.53. The maximum absolute atomic E-state index is 11.3. The highest BCUT2D eigenvalue weighted by atomic mass is 16.8. The molecule has 14 heavy (non-hydrogen) atoms. The van der Waals surface area contributed by atoms with Crippen LogP contribution in [-0.4, -0.2) is 30.1 Å². The van der Waals surface area contributed by atoms with E-state index in [0.29, 0.717) is 0 Å². The fraction of sp³-hybridized carbons (Fsp3) is 0.900. The Bertz CT molecular complexity index is 286. The molecule has 0 spiro atoms. The van der Waals surface area contributed by atoms with Crippen molar-refractivity contribution in [2.75, 3.05) is 0 Å². The number of carbonyl (C=O) groups excluding carboxylic acids is 1. The lowest BCUT2D eigenvalue weighted by atomic mass is 9.86. The van der Waals surface area contributed by atoms with Crippen molar-refractivity contribution in [3.63, 3.8) is 0 Å². The summed E-state index contributed by atoms with van der Waals surface area (Å²) in [4.78, 5) is 11.3. The van der Waals surface area contributed by atoms with Crippen molar-refractivity contribution in [1.29, 1.82) is 0 Å². The summed E-state index contributed by atoms with van der Waals surface area (Å²) < 4.78 is 16.7. The van der Waals surface area contributed by atoms with Gasteiger partial charge in [-0.2, -0.15) is 0 Å². The highest BCUT2D eigenvalue weighted by Crippen LogP contribution is 2.44. The molecule has 1 aliphatic carbocycles. The third-order valence-corrected chi connectivity index (χ3v) is 3.22. The van der Waals surface area contributed by atoms with Gasteiger partial charge in [0.05, 0.1) is 12.0 Å². The fourth-order valence-electron chi connectivity index (χ4n) is 2.70. The number of rotatable bonds is 0. The third kappa shape index (κ3) is 1.10. The van der Waals surface area contributed by atoms with Crippen LogP contribution in [0, 0.1) is 5.92 Å². The minimum absolute atomic E-state index is 0.0405. The number of ether oxygens (including phenoxy) is 3. The SMILES string of the molecule is CC1(C)O[C@H]2[C@H]3C[C@@H](C[C@H]2O1)C(=O)O3. The number of hydrogen-bond acceptors (Lipinski definition) is 4. The molecule has 2 heterocycles. The van der Waals surface area contributed by atoms with Crippen LogP contribution in [0.25, 0.3) is 0 Å². The molecule has 0 aromatic carbocycles. The van der Waals surface area contributed by atoms with Gasteiger partial charge >= 0.3 is 5.97 Å². The van der Waals surface area contributed by atoms with E-state index in [9.17, 15) is 4.79 Å². The molecule has 4 heteroatoms. The first-order valence-electron chi connectivity index (χ1n) is 5.11. The molecule has 3 aliphatic rings.